The monoisotopic (exact) mass is 364 g/mol. The van der Waals surface area contributed by atoms with Crippen LogP contribution < -0.4 is 0 Å². The Morgan fingerprint density at radius 1 is 1.38 bits per heavy atom. The van der Waals surface area contributed by atoms with E-state index in [0.29, 0.717) is 19.3 Å². The molecule has 1 N–H and O–H groups in total. The summed E-state index contributed by atoms with van der Waals surface area (Å²) in [6.45, 7) is 4.79. The van der Waals surface area contributed by atoms with Crippen molar-refractivity contribution in [3.8, 4) is 0 Å². The predicted octanol–water partition coefficient (Wildman–Crippen LogP) is 3.96. The fourth-order valence-electron chi connectivity index (χ4n) is 3.02. The van der Waals surface area contributed by atoms with Gasteiger partial charge in [0, 0.05) is 25.8 Å². The number of hydrogen-bond acceptors (Lipinski definition) is 2. The first kappa shape index (κ1) is 16.9. The molecule has 1 fully saturated rings. The zero-order valence-electron chi connectivity index (χ0n) is 12.6. The fourth-order valence-corrected chi connectivity index (χ4v) is 3.75. The molecule has 6 heteroatoms. The van der Waals surface area contributed by atoms with Crippen molar-refractivity contribution in [2.45, 2.75) is 70.9 Å². The summed E-state index contributed by atoms with van der Waals surface area (Å²) in [6, 6.07) is 0. The zero-order chi connectivity index (χ0) is 15.6. The molecule has 2 rings (SSSR count). The lowest BCUT2D eigenvalue weighted by molar-refractivity contribution is -0.0621. The third-order valence-corrected chi connectivity index (χ3v) is 5.32. The number of rotatable bonds is 5. The van der Waals surface area contributed by atoms with Crippen LogP contribution in [0.2, 0.25) is 0 Å². The van der Waals surface area contributed by atoms with Gasteiger partial charge in [-0.3, -0.25) is 4.68 Å². The van der Waals surface area contributed by atoms with E-state index in [1.165, 1.54) is 0 Å². The lowest BCUT2D eigenvalue weighted by Gasteiger charge is -2.31. The summed E-state index contributed by atoms with van der Waals surface area (Å²) in [7, 11) is 0. The van der Waals surface area contributed by atoms with Crippen molar-refractivity contribution in [3.63, 3.8) is 0 Å². The number of aryl methyl sites for hydroxylation is 2. The van der Waals surface area contributed by atoms with Crippen LogP contribution in [0.5, 0.6) is 0 Å². The smallest absolute Gasteiger partial charge is 0.248 e. The number of aromatic nitrogens is 2. The highest BCUT2D eigenvalue weighted by molar-refractivity contribution is 9.10. The van der Waals surface area contributed by atoms with Gasteiger partial charge in [0.15, 0.2) is 0 Å². The topological polar surface area (TPSA) is 38.0 Å². The number of aliphatic hydroxyl groups excluding tert-OH is 1. The molecular weight excluding hydrogens is 342 g/mol. The van der Waals surface area contributed by atoms with E-state index < -0.39 is 12.0 Å². The Kier molecular flexibility index (Phi) is 5.41. The van der Waals surface area contributed by atoms with E-state index in [1.54, 1.807) is 0 Å². The van der Waals surface area contributed by atoms with Gasteiger partial charge in [-0.25, -0.2) is 8.78 Å². The number of aliphatic hydroxyl groups is 1. The van der Waals surface area contributed by atoms with Gasteiger partial charge in [0.2, 0.25) is 5.92 Å². The molecule has 0 amide bonds. The van der Waals surface area contributed by atoms with Gasteiger partial charge in [-0.05, 0) is 48.0 Å². The lowest BCUT2D eigenvalue weighted by atomic mass is 9.82. The SMILES string of the molecule is CCc1nn(CC)c(CC(O)C2CCC(F)(F)CC2)c1Br. The molecule has 0 aliphatic heterocycles. The average Bonchev–Trinajstić information content (AvgIpc) is 2.75. The molecule has 1 aromatic rings. The van der Waals surface area contributed by atoms with Gasteiger partial charge in [0.05, 0.1) is 22.0 Å². The highest BCUT2D eigenvalue weighted by Crippen LogP contribution is 2.38. The van der Waals surface area contributed by atoms with Crippen molar-refractivity contribution in [3.05, 3.63) is 15.9 Å². The van der Waals surface area contributed by atoms with Crippen molar-refractivity contribution in [1.82, 2.24) is 9.78 Å². The van der Waals surface area contributed by atoms with Gasteiger partial charge in [-0.1, -0.05) is 6.92 Å². The fraction of sp³-hybridized carbons (Fsp3) is 0.800. The minimum Gasteiger partial charge on any atom is -0.392 e. The lowest BCUT2D eigenvalue weighted by Crippen LogP contribution is -2.32. The van der Waals surface area contributed by atoms with Crippen LogP contribution in [0, 0.1) is 5.92 Å². The van der Waals surface area contributed by atoms with E-state index in [-0.39, 0.29) is 18.8 Å². The molecule has 0 aromatic carbocycles. The molecule has 0 spiro atoms. The minimum absolute atomic E-state index is 0.0400. The van der Waals surface area contributed by atoms with Crippen LogP contribution in [0.4, 0.5) is 8.78 Å². The average molecular weight is 365 g/mol. The number of alkyl halides is 2. The highest BCUT2D eigenvalue weighted by atomic mass is 79.9. The van der Waals surface area contributed by atoms with Crippen LogP contribution in [0.3, 0.4) is 0 Å². The Labute approximate surface area is 132 Å². The van der Waals surface area contributed by atoms with E-state index in [9.17, 15) is 13.9 Å². The number of hydrogen-bond donors (Lipinski definition) is 1. The van der Waals surface area contributed by atoms with E-state index in [0.717, 1.165) is 28.8 Å². The van der Waals surface area contributed by atoms with E-state index in [2.05, 4.69) is 21.0 Å². The second-order valence-corrected chi connectivity index (χ2v) is 6.63. The van der Waals surface area contributed by atoms with Crippen LogP contribution in [-0.2, 0) is 19.4 Å². The molecule has 21 heavy (non-hydrogen) atoms. The first-order valence-corrected chi connectivity index (χ1v) is 8.47. The summed E-state index contributed by atoms with van der Waals surface area (Å²) in [5, 5.41) is 14.9. The van der Waals surface area contributed by atoms with Gasteiger partial charge in [-0.2, -0.15) is 5.10 Å². The van der Waals surface area contributed by atoms with Crippen LogP contribution in [0.25, 0.3) is 0 Å². The van der Waals surface area contributed by atoms with Crippen molar-refractivity contribution in [2.24, 2.45) is 5.92 Å². The Balaban J connectivity index is 2.06. The first-order valence-electron chi connectivity index (χ1n) is 7.68. The third-order valence-electron chi connectivity index (χ3n) is 4.40. The van der Waals surface area contributed by atoms with Crippen molar-refractivity contribution < 1.29 is 13.9 Å². The Morgan fingerprint density at radius 3 is 2.52 bits per heavy atom. The largest absolute Gasteiger partial charge is 0.392 e. The molecule has 3 nitrogen and oxygen atoms in total. The summed E-state index contributed by atoms with van der Waals surface area (Å²) in [5.41, 5.74) is 1.95. The Bertz CT molecular complexity index is 480. The molecule has 1 unspecified atom stereocenters. The second-order valence-electron chi connectivity index (χ2n) is 5.84. The molecule has 1 heterocycles. The zero-order valence-corrected chi connectivity index (χ0v) is 14.2. The van der Waals surface area contributed by atoms with Crippen LogP contribution in [-0.4, -0.2) is 26.9 Å². The molecule has 0 radical (unpaired) electrons. The van der Waals surface area contributed by atoms with Crippen LogP contribution >= 0.6 is 15.9 Å². The van der Waals surface area contributed by atoms with Crippen molar-refractivity contribution in [2.75, 3.05) is 0 Å². The normalized spacial score (nSPS) is 20.7. The minimum atomic E-state index is -2.54. The summed E-state index contributed by atoms with van der Waals surface area (Å²) in [4.78, 5) is 0. The van der Waals surface area contributed by atoms with Crippen LogP contribution in [0.15, 0.2) is 4.47 Å². The van der Waals surface area contributed by atoms with Gasteiger partial charge >= 0.3 is 0 Å². The molecule has 1 aliphatic carbocycles. The van der Waals surface area contributed by atoms with Gasteiger partial charge in [-0.15, -0.1) is 0 Å². The molecule has 0 saturated heterocycles. The van der Waals surface area contributed by atoms with Gasteiger partial charge in [0.25, 0.3) is 0 Å². The Hall–Kier alpha value is -0.490. The first-order chi connectivity index (χ1) is 9.88. The molecule has 1 aliphatic rings. The molecule has 1 atom stereocenters. The quantitative estimate of drug-likeness (QED) is 0.858. The molecule has 120 valence electrons. The van der Waals surface area contributed by atoms with E-state index in [1.807, 2.05) is 18.5 Å². The standard InChI is InChI=1S/C15H23BrF2N2O/c1-3-11-14(16)12(20(4-2)19-11)9-13(21)10-5-7-15(17,18)8-6-10/h10,13,21H,3-9H2,1-2H3. The number of halogens is 3. The maximum atomic E-state index is 13.2. The molecule has 0 bridgehead atoms. The Morgan fingerprint density at radius 2 is 2.00 bits per heavy atom. The van der Waals surface area contributed by atoms with Crippen LogP contribution in [0.1, 0.15) is 50.9 Å². The number of nitrogens with zero attached hydrogens (tertiary/aromatic N) is 2. The summed E-state index contributed by atoms with van der Waals surface area (Å²) in [6.07, 6.45) is 1.29. The second kappa shape index (κ2) is 6.73. The maximum Gasteiger partial charge on any atom is 0.248 e. The van der Waals surface area contributed by atoms with E-state index in [4.69, 9.17) is 0 Å². The summed E-state index contributed by atoms with van der Waals surface area (Å²) >= 11 is 3.56. The van der Waals surface area contributed by atoms with E-state index >= 15 is 0 Å². The summed E-state index contributed by atoms with van der Waals surface area (Å²) < 4.78 is 29.2. The highest BCUT2D eigenvalue weighted by Gasteiger charge is 2.37. The molecular formula is C15H23BrF2N2O. The summed E-state index contributed by atoms with van der Waals surface area (Å²) in [5.74, 6) is -2.58. The van der Waals surface area contributed by atoms with Crippen molar-refractivity contribution >= 4 is 15.9 Å². The van der Waals surface area contributed by atoms with Crippen molar-refractivity contribution in [1.29, 1.82) is 0 Å². The molecule has 1 aromatic heterocycles. The van der Waals surface area contributed by atoms with Gasteiger partial charge < -0.3 is 5.11 Å². The predicted molar refractivity (Wildman–Crippen MR) is 81.6 cm³/mol. The van der Waals surface area contributed by atoms with Gasteiger partial charge in [0.1, 0.15) is 0 Å². The maximum absolute atomic E-state index is 13.2. The molecule has 1 saturated carbocycles. The third kappa shape index (κ3) is 3.83.